The first-order valence-electron chi connectivity index (χ1n) is 5.17. The molecule has 0 amide bonds. The van der Waals surface area contributed by atoms with Gasteiger partial charge in [-0.3, -0.25) is 0 Å². The number of carbonyl (C=O) groups is 1. The van der Waals surface area contributed by atoms with E-state index in [0.717, 1.165) is 24.1 Å². The number of aryl methyl sites for hydroxylation is 1. The molecule has 0 aromatic carbocycles. The predicted molar refractivity (Wildman–Crippen MR) is 61.1 cm³/mol. The Kier molecular flexibility index (Phi) is 4.62. The number of aromatic carboxylic acids is 1. The van der Waals surface area contributed by atoms with Crippen LogP contribution in [-0.4, -0.2) is 17.7 Å². The van der Waals surface area contributed by atoms with Crippen LogP contribution in [0.25, 0.3) is 0 Å². The van der Waals surface area contributed by atoms with Gasteiger partial charge < -0.3 is 9.84 Å². The van der Waals surface area contributed by atoms with Gasteiger partial charge in [0.15, 0.2) is 4.88 Å². The van der Waals surface area contributed by atoms with Crippen molar-refractivity contribution in [3.05, 3.63) is 15.8 Å². The average molecular weight is 228 g/mol. The molecule has 1 rings (SSSR count). The van der Waals surface area contributed by atoms with Crippen molar-refractivity contribution in [2.75, 3.05) is 6.61 Å². The molecule has 0 radical (unpaired) electrons. The molecule has 0 atom stereocenters. The zero-order chi connectivity index (χ0) is 11.3. The lowest BCUT2D eigenvalue weighted by Crippen LogP contribution is -2.00. The molecule has 0 bridgehead atoms. The summed E-state index contributed by atoms with van der Waals surface area (Å²) in [6.45, 7) is 4.65. The Balaban J connectivity index is 2.85. The second kappa shape index (κ2) is 5.75. The van der Waals surface area contributed by atoms with E-state index in [4.69, 9.17) is 9.84 Å². The third-order valence-corrected chi connectivity index (χ3v) is 3.07. The maximum Gasteiger partial charge on any atom is 0.349 e. The van der Waals surface area contributed by atoms with Crippen molar-refractivity contribution in [2.45, 2.75) is 33.1 Å². The van der Waals surface area contributed by atoms with Crippen molar-refractivity contribution in [2.24, 2.45) is 0 Å². The molecular weight excluding hydrogens is 212 g/mol. The highest BCUT2D eigenvalue weighted by atomic mass is 32.1. The summed E-state index contributed by atoms with van der Waals surface area (Å²) in [5.41, 5.74) is 0. The fourth-order valence-corrected chi connectivity index (χ4v) is 2.30. The minimum Gasteiger partial charge on any atom is -0.492 e. The van der Waals surface area contributed by atoms with Crippen LogP contribution in [0, 0.1) is 0 Å². The zero-order valence-electron chi connectivity index (χ0n) is 9.08. The summed E-state index contributed by atoms with van der Waals surface area (Å²) in [7, 11) is 0. The van der Waals surface area contributed by atoms with E-state index in [9.17, 15) is 4.79 Å². The van der Waals surface area contributed by atoms with Gasteiger partial charge in [0.1, 0.15) is 5.75 Å². The molecule has 0 aliphatic rings. The smallest absolute Gasteiger partial charge is 0.349 e. The zero-order valence-corrected chi connectivity index (χ0v) is 9.89. The number of ether oxygens (including phenoxy) is 1. The predicted octanol–water partition coefficient (Wildman–Crippen LogP) is 3.19. The SMILES string of the molecule is CCCOc1cc(CCC)sc1C(=O)O. The molecule has 0 fully saturated rings. The van der Waals surface area contributed by atoms with Crippen molar-refractivity contribution in [1.29, 1.82) is 0 Å². The summed E-state index contributed by atoms with van der Waals surface area (Å²) in [5, 5.41) is 8.98. The second-order valence-corrected chi connectivity index (χ2v) is 4.45. The Hall–Kier alpha value is -1.03. The Bertz CT molecular complexity index is 331. The number of rotatable bonds is 6. The van der Waals surface area contributed by atoms with Gasteiger partial charge in [0, 0.05) is 4.88 Å². The summed E-state index contributed by atoms with van der Waals surface area (Å²) < 4.78 is 5.40. The average Bonchev–Trinajstić information content (AvgIpc) is 2.59. The summed E-state index contributed by atoms with van der Waals surface area (Å²) in [6.07, 6.45) is 2.82. The van der Waals surface area contributed by atoms with E-state index in [1.807, 2.05) is 13.0 Å². The van der Waals surface area contributed by atoms with E-state index in [1.54, 1.807) is 0 Å². The van der Waals surface area contributed by atoms with Crippen LogP contribution in [0.5, 0.6) is 5.75 Å². The topological polar surface area (TPSA) is 46.5 Å². The molecule has 0 spiro atoms. The molecule has 0 unspecified atom stereocenters. The normalized spacial score (nSPS) is 10.3. The van der Waals surface area contributed by atoms with E-state index in [0.29, 0.717) is 17.2 Å². The Morgan fingerprint density at radius 1 is 1.47 bits per heavy atom. The lowest BCUT2D eigenvalue weighted by molar-refractivity contribution is 0.0698. The van der Waals surface area contributed by atoms with Gasteiger partial charge in [-0.1, -0.05) is 20.3 Å². The van der Waals surface area contributed by atoms with Crippen molar-refractivity contribution >= 4 is 17.3 Å². The van der Waals surface area contributed by atoms with Crippen molar-refractivity contribution in [1.82, 2.24) is 0 Å². The van der Waals surface area contributed by atoms with Crippen LogP contribution in [0.4, 0.5) is 0 Å². The molecule has 0 saturated heterocycles. The van der Waals surface area contributed by atoms with Crippen LogP contribution in [0.15, 0.2) is 6.07 Å². The molecule has 1 aromatic heterocycles. The molecule has 0 aliphatic carbocycles. The van der Waals surface area contributed by atoms with Gasteiger partial charge in [0.2, 0.25) is 0 Å². The van der Waals surface area contributed by atoms with Crippen molar-refractivity contribution in [3.8, 4) is 5.75 Å². The lowest BCUT2D eigenvalue weighted by atomic mass is 10.3. The molecular formula is C11H16O3S. The monoisotopic (exact) mass is 228 g/mol. The molecule has 0 saturated carbocycles. The Labute approximate surface area is 93.7 Å². The highest BCUT2D eigenvalue weighted by molar-refractivity contribution is 7.14. The van der Waals surface area contributed by atoms with Gasteiger partial charge in [0.25, 0.3) is 0 Å². The van der Waals surface area contributed by atoms with Crippen LogP contribution >= 0.6 is 11.3 Å². The summed E-state index contributed by atoms with van der Waals surface area (Å²) in [4.78, 5) is 12.3. The largest absolute Gasteiger partial charge is 0.492 e. The van der Waals surface area contributed by atoms with Gasteiger partial charge >= 0.3 is 5.97 Å². The summed E-state index contributed by atoms with van der Waals surface area (Å²) in [5.74, 6) is -0.369. The Morgan fingerprint density at radius 2 is 2.20 bits per heavy atom. The number of carboxylic acid groups (broad SMARTS) is 1. The molecule has 1 aromatic rings. The van der Waals surface area contributed by atoms with Crippen molar-refractivity contribution in [3.63, 3.8) is 0 Å². The van der Waals surface area contributed by atoms with Gasteiger partial charge in [0.05, 0.1) is 6.61 Å². The van der Waals surface area contributed by atoms with E-state index < -0.39 is 5.97 Å². The van der Waals surface area contributed by atoms with Gasteiger partial charge in [-0.2, -0.15) is 0 Å². The highest BCUT2D eigenvalue weighted by Crippen LogP contribution is 2.30. The molecule has 15 heavy (non-hydrogen) atoms. The van der Waals surface area contributed by atoms with Crippen LogP contribution in [0.1, 0.15) is 41.2 Å². The number of hydrogen-bond acceptors (Lipinski definition) is 3. The van der Waals surface area contributed by atoms with E-state index in [1.165, 1.54) is 11.3 Å². The minimum atomic E-state index is -0.895. The van der Waals surface area contributed by atoms with Crippen LogP contribution in [0.2, 0.25) is 0 Å². The summed E-state index contributed by atoms with van der Waals surface area (Å²) in [6, 6.07) is 1.85. The number of thiophene rings is 1. The Morgan fingerprint density at radius 3 is 2.73 bits per heavy atom. The molecule has 0 aliphatic heterocycles. The van der Waals surface area contributed by atoms with E-state index >= 15 is 0 Å². The maximum absolute atomic E-state index is 10.9. The van der Waals surface area contributed by atoms with E-state index in [-0.39, 0.29) is 0 Å². The minimum absolute atomic E-state index is 0.326. The standard InChI is InChI=1S/C11H16O3S/c1-3-5-8-7-9(14-6-4-2)10(15-8)11(12)13/h7H,3-6H2,1-2H3,(H,12,13). The molecule has 1 N–H and O–H groups in total. The van der Waals surface area contributed by atoms with Crippen molar-refractivity contribution < 1.29 is 14.6 Å². The third kappa shape index (κ3) is 3.23. The maximum atomic E-state index is 10.9. The quantitative estimate of drug-likeness (QED) is 0.813. The van der Waals surface area contributed by atoms with Gasteiger partial charge in [-0.05, 0) is 18.9 Å². The first-order valence-corrected chi connectivity index (χ1v) is 5.99. The lowest BCUT2D eigenvalue weighted by Gasteiger charge is -2.01. The van der Waals surface area contributed by atoms with E-state index in [2.05, 4.69) is 6.92 Å². The fourth-order valence-electron chi connectivity index (χ4n) is 1.26. The number of hydrogen-bond donors (Lipinski definition) is 1. The first kappa shape index (κ1) is 12.0. The van der Waals surface area contributed by atoms with Gasteiger partial charge in [-0.25, -0.2) is 4.79 Å². The molecule has 84 valence electrons. The van der Waals surface area contributed by atoms with Crippen LogP contribution in [-0.2, 0) is 6.42 Å². The fraction of sp³-hybridized carbons (Fsp3) is 0.545. The number of carboxylic acids is 1. The molecule has 4 heteroatoms. The first-order chi connectivity index (χ1) is 7.19. The van der Waals surface area contributed by atoms with Gasteiger partial charge in [-0.15, -0.1) is 11.3 Å². The van der Waals surface area contributed by atoms with Crippen LogP contribution < -0.4 is 4.74 Å². The molecule has 1 heterocycles. The molecule has 3 nitrogen and oxygen atoms in total. The summed E-state index contributed by atoms with van der Waals surface area (Å²) >= 11 is 1.32. The third-order valence-electron chi connectivity index (χ3n) is 1.90. The highest BCUT2D eigenvalue weighted by Gasteiger charge is 2.16. The second-order valence-electron chi connectivity index (χ2n) is 3.31. The van der Waals surface area contributed by atoms with Crippen LogP contribution in [0.3, 0.4) is 0 Å².